The average molecular weight is 370 g/mol. The Kier molecular flexibility index (Phi) is 8.50. The number of benzene rings is 2. The summed E-state index contributed by atoms with van der Waals surface area (Å²) in [6, 6.07) is 16.6. The molecule has 148 valence electrons. The zero-order valence-corrected chi connectivity index (χ0v) is 17.5. The van der Waals surface area contributed by atoms with E-state index in [2.05, 4.69) is 76.3 Å². The Hall–Kier alpha value is -2.16. The standard InChI is InChI=1S/C24H35NO2/c1-6-18(4)23-14-9-10-15-24(23)27-21(8-3)17-25-20-12-11-13-22(16-20)26-19(5)7-2/h9-16,18-19,21,25H,6-8,17H2,1-5H3. The van der Waals surface area contributed by atoms with Gasteiger partial charge < -0.3 is 14.8 Å². The fourth-order valence-electron chi connectivity index (χ4n) is 2.89. The molecule has 0 aromatic heterocycles. The van der Waals surface area contributed by atoms with Crippen molar-refractivity contribution in [2.24, 2.45) is 0 Å². The molecule has 2 aromatic carbocycles. The average Bonchev–Trinajstić information content (AvgIpc) is 2.71. The minimum atomic E-state index is 0.120. The molecule has 3 atom stereocenters. The molecule has 0 radical (unpaired) electrons. The second kappa shape index (κ2) is 10.9. The first-order valence-electron chi connectivity index (χ1n) is 10.3. The van der Waals surface area contributed by atoms with Gasteiger partial charge in [-0.25, -0.2) is 0 Å². The van der Waals surface area contributed by atoms with Crippen LogP contribution in [0.1, 0.15) is 65.4 Å². The molecule has 2 aromatic rings. The van der Waals surface area contributed by atoms with E-state index in [-0.39, 0.29) is 12.2 Å². The maximum absolute atomic E-state index is 6.36. The van der Waals surface area contributed by atoms with Crippen molar-refractivity contribution >= 4 is 5.69 Å². The summed E-state index contributed by atoms with van der Waals surface area (Å²) < 4.78 is 12.3. The third-order valence-corrected chi connectivity index (χ3v) is 5.09. The molecule has 27 heavy (non-hydrogen) atoms. The van der Waals surface area contributed by atoms with Crippen molar-refractivity contribution in [3.63, 3.8) is 0 Å². The molecular weight excluding hydrogens is 334 g/mol. The van der Waals surface area contributed by atoms with Gasteiger partial charge in [0, 0.05) is 11.8 Å². The first-order chi connectivity index (χ1) is 13.1. The maximum Gasteiger partial charge on any atom is 0.123 e. The number of para-hydroxylation sites is 1. The van der Waals surface area contributed by atoms with Crippen molar-refractivity contribution < 1.29 is 9.47 Å². The van der Waals surface area contributed by atoms with Crippen LogP contribution in [-0.2, 0) is 0 Å². The highest BCUT2D eigenvalue weighted by atomic mass is 16.5. The number of rotatable bonds is 11. The third-order valence-electron chi connectivity index (χ3n) is 5.09. The summed E-state index contributed by atoms with van der Waals surface area (Å²) in [5.41, 5.74) is 2.36. The van der Waals surface area contributed by atoms with Crippen molar-refractivity contribution in [1.82, 2.24) is 0 Å². The largest absolute Gasteiger partial charge is 0.491 e. The summed E-state index contributed by atoms with van der Waals surface area (Å²) in [5, 5.41) is 3.51. The lowest BCUT2D eigenvalue weighted by atomic mass is 9.98. The Morgan fingerprint density at radius 3 is 2.33 bits per heavy atom. The van der Waals surface area contributed by atoms with E-state index in [1.807, 2.05) is 12.1 Å². The molecule has 3 unspecified atom stereocenters. The van der Waals surface area contributed by atoms with Crippen molar-refractivity contribution in [3.05, 3.63) is 54.1 Å². The van der Waals surface area contributed by atoms with Gasteiger partial charge in [0.05, 0.1) is 12.6 Å². The van der Waals surface area contributed by atoms with E-state index < -0.39 is 0 Å². The number of anilines is 1. The monoisotopic (exact) mass is 369 g/mol. The van der Waals surface area contributed by atoms with Gasteiger partial charge in [0.2, 0.25) is 0 Å². The molecule has 0 fully saturated rings. The van der Waals surface area contributed by atoms with Gasteiger partial charge in [0.1, 0.15) is 17.6 Å². The summed E-state index contributed by atoms with van der Waals surface area (Å²) in [6.45, 7) is 11.6. The van der Waals surface area contributed by atoms with E-state index in [0.29, 0.717) is 5.92 Å². The van der Waals surface area contributed by atoms with Crippen molar-refractivity contribution in [1.29, 1.82) is 0 Å². The summed E-state index contributed by atoms with van der Waals surface area (Å²) in [7, 11) is 0. The minimum absolute atomic E-state index is 0.120. The number of hydrogen-bond acceptors (Lipinski definition) is 3. The predicted molar refractivity (Wildman–Crippen MR) is 115 cm³/mol. The van der Waals surface area contributed by atoms with Crippen LogP contribution in [0.25, 0.3) is 0 Å². The molecule has 1 N–H and O–H groups in total. The molecule has 0 heterocycles. The fraction of sp³-hybridized carbons (Fsp3) is 0.500. The van der Waals surface area contributed by atoms with Crippen LogP contribution in [0.15, 0.2) is 48.5 Å². The van der Waals surface area contributed by atoms with Crippen LogP contribution >= 0.6 is 0 Å². The highest BCUT2D eigenvalue weighted by Crippen LogP contribution is 2.29. The Morgan fingerprint density at radius 2 is 1.63 bits per heavy atom. The molecular formula is C24H35NO2. The molecule has 0 aliphatic rings. The smallest absolute Gasteiger partial charge is 0.123 e. The molecule has 3 nitrogen and oxygen atoms in total. The lowest BCUT2D eigenvalue weighted by Crippen LogP contribution is -2.26. The number of hydrogen-bond donors (Lipinski definition) is 1. The van der Waals surface area contributed by atoms with Crippen LogP contribution in [0.3, 0.4) is 0 Å². The van der Waals surface area contributed by atoms with Gasteiger partial charge in [-0.2, -0.15) is 0 Å². The van der Waals surface area contributed by atoms with Gasteiger partial charge in [-0.15, -0.1) is 0 Å². The summed E-state index contributed by atoms with van der Waals surface area (Å²) >= 11 is 0. The molecule has 0 amide bonds. The normalized spacial score (nSPS) is 14.3. The first kappa shape index (κ1) is 21.1. The molecule has 2 rings (SSSR count). The number of ether oxygens (including phenoxy) is 2. The van der Waals surface area contributed by atoms with Gasteiger partial charge in [0.15, 0.2) is 0 Å². The topological polar surface area (TPSA) is 30.5 Å². The molecule has 0 saturated carbocycles. The summed E-state index contributed by atoms with van der Waals surface area (Å²) in [4.78, 5) is 0. The zero-order valence-electron chi connectivity index (χ0n) is 17.5. The van der Waals surface area contributed by atoms with E-state index in [9.17, 15) is 0 Å². The Labute approximate surface area is 165 Å². The molecule has 0 aliphatic heterocycles. The second-order valence-electron chi connectivity index (χ2n) is 7.24. The molecule has 0 saturated heterocycles. The fourth-order valence-corrected chi connectivity index (χ4v) is 2.89. The van der Waals surface area contributed by atoms with E-state index in [1.54, 1.807) is 0 Å². The Bertz CT molecular complexity index is 686. The van der Waals surface area contributed by atoms with Gasteiger partial charge >= 0.3 is 0 Å². The predicted octanol–water partition coefficient (Wildman–Crippen LogP) is 6.65. The SMILES string of the molecule is CCC(C)Oc1cccc(NCC(CC)Oc2ccccc2C(C)CC)c1. The highest BCUT2D eigenvalue weighted by molar-refractivity contribution is 5.48. The Balaban J connectivity index is 1.99. The van der Waals surface area contributed by atoms with Gasteiger partial charge in [0.25, 0.3) is 0 Å². The number of nitrogens with one attached hydrogen (secondary N) is 1. The van der Waals surface area contributed by atoms with Crippen LogP contribution in [0, 0.1) is 0 Å². The van der Waals surface area contributed by atoms with Gasteiger partial charge in [-0.3, -0.25) is 0 Å². The Morgan fingerprint density at radius 1 is 0.852 bits per heavy atom. The first-order valence-corrected chi connectivity index (χ1v) is 10.3. The van der Waals surface area contributed by atoms with Crippen LogP contribution in [0.5, 0.6) is 11.5 Å². The molecule has 0 spiro atoms. The molecule has 3 heteroatoms. The van der Waals surface area contributed by atoms with Crippen molar-refractivity contribution in [3.8, 4) is 11.5 Å². The molecule has 0 bridgehead atoms. The van der Waals surface area contributed by atoms with E-state index in [4.69, 9.17) is 9.47 Å². The van der Waals surface area contributed by atoms with Gasteiger partial charge in [-0.05, 0) is 55.9 Å². The van der Waals surface area contributed by atoms with E-state index in [1.165, 1.54) is 5.56 Å². The zero-order chi connectivity index (χ0) is 19.6. The summed E-state index contributed by atoms with van der Waals surface area (Å²) in [5.74, 6) is 2.42. The quantitative estimate of drug-likeness (QED) is 0.481. The van der Waals surface area contributed by atoms with Crippen molar-refractivity contribution in [2.75, 3.05) is 11.9 Å². The van der Waals surface area contributed by atoms with Crippen molar-refractivity contribution in [2.45, 2.75) is 72.0 Å². The second-order valence-corrected chi connectivity index (χ2v) is 7.24. The van der Waals surface area contributed by atoms with Crippen LogP contribution in [0.4, 0.5) is 5.69 Å². The minimum Gasteiger partial charge on any atom is -0.491 e. The van der Waals surface area contributed by atoms with Crippen LogP contribution in [-0.4, -0.2) is 18.8 Å². The lowest BCUT2D eigenvalue weighted by Gasteiger charge is -2.22. The molecule has 0 aliphatic carbocycles. The van der Waals surface area contributed by atoms with Crippen LogP contribution < -0.4 is 14.8 Å². The highest BCUT2D eigenvalue weighted by Gasteiger charge is 2.14. The van der Waals surface area contributed by atoms with Gasteiger partial charge in [-0.1, -0.05) is 52.0 Å². The maximum atomic E-state index is 6.36. The van der Waals surface area contributed by atoms with E-state index in [0.717, 1.165) is 43.0 Å². The third kappa shape index (κ3) is 6.50. The van der Waals surface area contributed by atoms with E-state index >= 15 is 0 Å². The lowest BCUT2D eigenvalue weighted by molar-refractivity contribution is 0.207. The van der Waals surface area contributed by atoms with Crippen LogP contribution in [0.2, 0.25) is 0 Å². The summed E-state index contributed by atoms with van der Waals surface area (Å²) in [6.07, 6.45) is 3.40.